The molecule has 1 aromatic carbocycles. The van der Waals surface area contributed by atoms with Crippen LogP contribution in [0.4, 0.5) is 0 Å². The molecule has 3 atom stereocenters. The summed E-state index contributed by atoms with van der Waals surface area (Å²) in [5.74, 6) is 1.87. The van der Waals surface area contributed by atoms with Crippen molar-refractivity contribution in [3.63, 3.8) is 0 Å². The monoisotopic (exact) mass is 330 g/mol. The van der Waals surface area contributed by atoms with Gasteiger partial charge in [-0.15, -0.1) is 23.4 Å². The van der Waals surface area contributed by atoms with Crippen molar-refractivity contribution in [2.24, 2.45) is 11.8 Å². The van der Waals surface area contributed by atoms with Gasteiger partial charge in [-0.3, -0.25) is 0 Å². The SMILES string of the molecule is O=S1(=O)CCC(C(CCl)CC2Cc3ccccc3S2)C1. The number of hydrogen-bond acceptors (Lipinski definition) is 3. The number of sulfone groups is 1. The highest BCUT2D eigenvalue weighted by Crippen LogP contribution is 2.41. The highest BCUT2D eigenvalue weighted by molar-refractivity contribution is 8.00. The van der Waals surface area contributed by atoms with Gasteiger partial charge in [0.25, 0.3) is 0 Å². The first kappa shape index (κ1) is 14.7. The highest BCUT2D eigenvalue weighted by atomic mass is 35.5. The first-order valence-electron chi connectivity index (χ1n) is 7.08. The van der Waals surface area contributed by atoms with E-state index in [-0.39, 0.29) is 5.92 Å². The molecule has 1 saturated heterocycles. The number of alkyl halides is 1. The van der Waals surface area contributed by atoms with Gasteiger partial charge in [-0.1, -0.05) is 18.2 Å². The molecule has 2 nitrogen and oxygen atoms in total. The largest absolute Gasteiger partial charge is 0.229 e. The van der Waals surface area contributed by atoms with E-state index in [9.17, 15) is 8.42 Å². The molecule has 20 heavy (non-hydrogen) atoms. The molecule has 110 valence electrons. The van der Waals surface area contributed by atoms with Gasteiger partial charge in [-0.2, -0.15) is 0 Å². The van der Waals surface area contributed by atoms with Gasteiger partial charge in [-0.25, -0.2) is 8.42 Å². The minimum Gasteiger partial charge on any atom is -0.229 e. The second-order valence-electron chi connectivity index (χ2n) is 5.86. The van der Waals surface area contributed by atoms with Crippen LogP contribution in [-0.2, 0) is 16.3 Å². The van der Waals surface area contributed by atoms with Crippen molar-refractivity contribution in [1.82, 2.24) is 0 Å². The number of hydrogen-bond donors (Lipinski definition) is 0. The Morgan fingerprint density at radius 3 is 2.80 bits per heavy atom. The second-order valence-corrected chi connectivity index (χ2v) is 9.74. The van der Waals surface area contributed by atoms with E-state index in [0.29, 0.717) is 28.6 Å². The summed E-state index contributed by atoms with van der Waals surface area (Å²) in [4.78, 5) is 1.38. The summed E-state index contributed by atoms with van der Waals surface area (Å²) in [6.07, 6.45) is 2.92. The van der Waals surface area contributed by atoms with Gasteiger partial charge in [0.05, 0.1) is 11.5 Å². The van der Waals surface area contributed by atoms with Crippen LogP contribution < -0.4 is 0 Å². The Morgan fingerprint density at radius 1 is 1.35 bits per heavy atom. The molecule has 0 bridgehead atoms. The molecule has 0 aromatic heterocycles. The zero-order valence-electron chi connectivity index (χ0n) is 11.3. The minimum atomic E-state index is -2.80. The van der Waals surface area contributed by atoms with Crippen LogP contribution in [0, 0.1) is 11.8 Å². The number of fused-ring (bicyclic) bond motifs is 1. The fraction of sp³-hybridized carbons (Fsp3) is 0.600. The molecule has 0 spiro atoms. The van der Waals surface area contributed by atoms with Crippen molar-refractivity contribution >= 4 is 33.2 Å². The van der Waals surface area contributed by atoms with Gasteiger partial charge in [0.15, 0.2) is 9.84 Å². The van der Waals surface area contributed by atoms with Crippen molar-refractivity contribution in [2.75, 3.05) is 17.4 Å². The Morgan fingerprint density at radius 2 is 2.15 bits per heavy atom. The Bertz CT molecular complexity index is 560. The Balaban J connectivity index is 1.63. The van der Waals surface area contributed by atoms with Gasteiger partial charge in [0.1, 0.15) is 0 Å². The van der Waals surface area contributed by atoms with Crippen LogP contribution in [0.3, 0.4) is 0 Å². The molecule has 1 aromatic rings. The number of thioether (sulfide) groups is 1. The van der Waals surface area contributed by atoms with E-state index in [0.717, 1.165) is 19.3 Å². The maximum atomic E-state index is 11.6. The second kappa shape index (κ2) is 5.90. The number of rotatable bonds is 4. The summed E-state index contributed by atoms with van der Waals surface area (Å²) in [6, 6.07) is 8.54. The van der Waals surface area contributed by atoms with Gasteiger partial charge < -0.3 is 0 Å². The third kappa shape index (κ3) is 3.18. The molecule has 0 amide bonds. The molecule has 5 heteroatoms. The predicted molar refractivity (Wildman–Crippen MR) is 85.4 cm³/mol. The topological polar surface area (TPSA) is 34.1 Å². The molecule has 0 aliphatic carbocycles. The van der Waals surface area contributed by atoms with Crippen LogP contribution in [0.15, 0.2) is 29.2 Å². The van der Waals surface area contributed by atoms with Crippen molar-refractivity contribution in [3.8, 4) is 0 Å². The molecule has 3 rings (SSSR count). The van der Waals surface area contributed by atoms with Crippen LogP contribution in [0.5, 0.6) is 0 Å². The summed E-state index contributed by atoms with van der Waals surface area (Å²) < 4.78 is 23.3. The quantitative estimate of drug-likeness (QED) is 0.794. The average molecular weight is 331 g/mol. The van der Waals surface area contributed by atoms with E-state index in [4.69, 9.17) is 11.6 Å². The zero-order valence-corrected chi connectivity index (χ0v) is 13.7. The zero-order chi connectivity index (χ0) is 14.2. The summed E-state index contributed by atoms with van der Waals surface area (Å²) >= 11 is 8.06. The maximum absolute atomic E-state index is 11.6. The molecule has 1 fully saturated rings. The number of benzene rings is 1. The third-order valence-electron chi connectivity index (χ3n) is 4.41. The molecule has 0 N–H and O–H groups in total. The van der Waals surface area contributed by atoms with Crippen LogP contribution in [0.2, 0.25) is 0 Å². The average Bonchev–Trinajstić information content (AvgIpc) is 2.98. The first-order chi connectivity index (χ1) is 9.57. The standard InChI is InChI=1S/C15H19ClO2S2/c16-9-13(12-5-6-20(17,18)10-12)8-14-7-11-3-1-2-4-15(11)19-14/h1-4,12-14H,5-10H2. The lowest BCUT2D eigenvalue weighted by Gasteiger charge is -2.22. The fourth-order valence-corrected chi connectivity index (χ4v) is 7.02. The van der Waals surface area contributed by atoms with Crippen molar-refractivity contribution in [1.29, 1.82) is 0 Å². The Hall–Kier alpha value is -0.190. The lowest BCUT2D eigenvalue weighted by molar-refractivity contribution is 0.372. The van der Waals surface area contributed by atoms with E-state index in [1.54, 1.807) is 0 Å². The van der Waals surface area contributed by atoms with E-state index >= 15 is 0 Å². The molecule has 0 saturated carbocycles. The van der Waals surface area contributed by atoms with Gasteiger partial charge in [-0.05, 0) is 42.7 Å². The smallest absolute Gasteiger partial charge is 0.150 e. The van der Waals surface area contributed by atoms with Crippen LogP contribution in [0.25, 0.3) is 0 Å². The van der Waals surface area contributed by atoms with E-state index < -0.39 is 9.84 Å². The summed E-state index contributed by atoms with van der Waals surface area (Å²) in [6.45, 7) is 0. The molecular weight excluding hydrogens is 312 g/mol. The fourth-order valence-electron chi connectivity index (χ4n) is 3.30. The van der Waals surface area contributed by atoms with E-state index in [1.807, 2.05) is 11.8 Å². The molecule has 3 unspecified atom stereocenters. The van der Waals surface area contributed by atoms with Crippen molar-refractivity contribution in [3.05, 3.63) is 29.8 Å². The minimum absolute atomic E-state index is 0.266. The van der Waals surface area contributed by atoms with Crippen LogP contribution in [-0.4, -0.2) is 31.1 Å². The van der Waals surface area contributed by atoms with E-state index in [2.05, 4.69) is 24.3 Å². The third-order valence-corrected chi connectivity index (χ3v) is 7.95. The summed E-state index contributed by atoms with van der Waals surface area (Å²) in [5.41, 5.74) is 1.43. The lowest BCUT2D eigenvalue weighted by atomic mass is 9.88. The molecule has 0 radical (unpaired) electrons. The Labute approximate surface area is 130 Å². The van der Waals surface area contributed by atoms with Crippen molar-refractivity contribution in [2.45, 2.75) is 29.4 Å². The summed E-state index contributed by atoms with van der Waals surface area (Å²) in [7, 11) is -2.80. The highest BCUT2D eigenvalue weighted by Gasteiger charge is 2.35. The molecular formula is C15H19ClO2S2. The number of halogens is 1. The lowest BCUT2D eigenvalue weighted by Crippen LogP contribution is -2.22. The molecule has 2 aliphatic heterocycles. The molecule has 2 heterocycles. The molecule has 2 aliphatic rings. The maximum Gasteiger partial charge on any atom is 0.150 e. The van der Waals surface area contributed by atoms with E-state index in [1.165, 1.54) is 10.5 Å². The van der Waals surface area contributed by atoms with Crippen LogP contribution >= 0.6 is 23.4 Å². The predicted octanol–water partition coefficient (Wildman–Crippen LogP) is 3.38. The van der Waals surface area contributed by atoms with Gasteiger partial charge in [0, 0.05) is 16.0 Å². The first-order valence-corrected chi connectivity index (χ1v) is 10.3. The Kier molecular flexibility index (Phi) is 4.34. The van der Waals surface area contributed by atoms with Gasteiger partial charge in [0.2, 0.25) is 0 Å². The van der Waals surface area contributed by atoms with Crippen LogP contribution in [0.1, 0.15) is 18.4 Å². The van der Waals surface area contributed by atoms with Gasteiger partial charge >= 0.3 is 0 Å². The van der Waals surface area contributed by atoms with Crippen molar-refractivity contribution < 1.29 is 8.42 Å². The summed E-state index contributed by atoms with van der Waals surface area (Å²) in [5, 5.41) is 0.555. The normalized spacial score (nSPS) is 29.2.